The van der Waals surface area contributed by atoms with Crippen LogP contribution in [0, 0.1) is 0 Å². The van der Waals surface area contributed by atoms with Gasteiger partial charge in [-0.15, -0.1) is 0 Å². The van der Waals surface area contributed by atoms with Crippen molar-refractivity contribution in [2.24, 2.45) is 0 Å². The van der Waals surface area contributed by atoms with E-state index in [1.165, 1.54) is 5.56 Å². The molecule has 0 spiro atoms. The Morgan fingerprint density at radius 2 is 1.25 bits per heavy atom. The molecule has 0 radical (unpaired) electrons. The van der Waals surface area contributed by atoms with E-state index in [0.29, 0.717) is 6.16 Å². The summed E-state index contributed by atoms with van der Waals surface area (Å²) in [4.78, 5) is 0. The molecular weight excluding hydrogens is 411 g/mol. The molecule has 3 rings (SSSR count). The number of aliphatic hydroxyl groups is 1. The third-order valence-electron chi connectivity index (χ3n) is 6.09. The summed E-state index contributed by atoms with van der Waals surface area (Å²) in [5, 5.41) is 28.1. The lowest BCUT2D eigenvalue weighted by atomic mass is 9.80. The minimum atomic E-state index is -2.40. The van der Waals surface area contributed by atoms with Crippen molar-refractivity contribution in [2.45, 2.75) is 65.4 Å². The Balaban J connectivity index is 2.53. The Morgan fingerprint density at radius 3 is 1.62 bits per heavy atom. The van der Waals surface area contributed by atoms with Crippen molar-refractivity contribution >= 4 is 23.2 Å². The molecule has 1 atom stereocenters. The largest absolute Gasteiger partial charge is 0.870 e. The number of hydrogen-bond acceptors (Lipinski definition) is 2. The van der Waals surface area contributed by atoms with Gasteiger partial charge in [-0.1, -0.05) is 89.8 Å². The third kappa shape index (κ3) is 4.77. The van der Waals surface area contributed by atoms with Crippen LogP contribution in [0.25, 0.3) is 0 Å². The first kappa shape index (κ1) is 24.5. The van der Waals surface area contributed by atoms with Crippen LogP contribution in [-0.2, 0) is 10.8 Å². The Kier molecular flexibility index (Phi) is 6.89. The molecule has 0 fully saturated rings. The van der Waals surface area contributed by atoms with Crippen molar-refractivity contribution in [3.63, 3.8) is 0 Å². The molecule has 0 amide bonds. The fourth-order valence-electron chi connectivity index (χ4n) is 4.38. The van der Waals surface area contributed by atoms with Gasteiger partial charge in [-0.2, -0.15) is 0 Å². The summed E-state index contributed by atoms with van der Waals surface area (Å²) in [6.07, 6.45) is -0.00694. The van der Waals surface area contributed by atoms with Crippen LogP contribution < -0.4 is 21.0 Å². The van der Waals surface area contributed by atoms with Crippen LogP contribution in [0.1, 0.15) is 59.6 Å². The third-order valence-corrected chi connectivity index (χ3v) is 10.7. The van der Waals surface area contributed by atoms with Gasteiger partial charge < -0.3 is 10.2 Å². The lowest BCUT2D eigenvalue weighted by Gasteiger charge is -2.37. The van der Waals surface area contributed by atoms with E-state index in [4.69, 9.17) is 0 Å². The molecule has 0 heterocycles. The minimum Gasteiger partial charge on any atom is -0.870 e. The monoisotopic (exact) mass is 448 g/mol. The summed E-state index contributed by atoms with van der Waals surface area (Å²) in [5.74, 6) is 0.118. The van der Waals surface area contributed by atoms with Crippen LogP contribution in [0.4, 0.5) is 0 Å². The highest BCUT2D eigenvalue weighted by molar-refractivity contribution is 7.95. The van der Waals surface area contributed by atoms with Crippen LogP contribution in [0.5, 0.6) is 5.75 Å². The maximum Gasteiger partial charge on any atom is 0.114 e. The molecular formula is C29H37O2P. The van der Waals surface area contributed by atoms with Crippen molar-refractivity contribution in [1.29, 1.82) is 0 Å². The molecule has 0 aliphatic heterocycles. The molecule has 2 nitrogen and oxygen atoms in total. The molecule has 32 heavy (non-hydrogen) atoms. The molecule has 3 aromatic carbocycles. The Hall–Kier alpha value is -2.15. The fourth-order valence-corrected chi connectivity index (χ4v) is 8.84. The summed E-state index contributed by atoms with van der Waals surface area (Å²) in [7, 11) is -2.40. The molecule has 0 saturated heterocycles. The van der Waals surface area contributed by atoms with Gasteiger partial charge in [-0.05, 0) is 59.2 Å². The van der Waals surface area contributed by atoms with Gasteiger partial charge in [0.05, 0.1) is 17.6 Å². The smallest absolute Gasteiger partial charge is 0.114 e. The van der Waals surface area contributed by atoms with Gasteiger partial charge in [0, 0.05) is 0 Å². The average molecular weight is 449 g/mol. The summed E-state index contributed by atoms with van der Waals surface area (Å²) < 4.78 is 0. The highest BCUT2D eigenvalue weighted by Crippen LogP contribution is 2.58. The van der Waals surface area contributed by atoms with E-state index in [0.717, 1.165) is 21.5 Å². The van der Waals surface area contributed by atoms with Crippen LogP contribution in [0.2, 0.25) is 0 Å². The van der Waals surface area contributed by atoms with Crippen molar-refractivity contribution in [3.8, 4) is 5.75 Å². The molecule has 3 aromatic rings. The zero-order chi connectivity index (χ0) is 23.7. The average Bonchev–Trinajstić information content (AvgIpc) is 2.72. The van der Waals surface area contributed by atoms with Crippen LogP contribution in [-0.4, -0.2) is 17.4 Å². The SMILES string of the molecule is CC(O)C[P+](c1ccccc1)(c1ccccc1)c1cc(C(C)(C)C)cc(C(C)(C)C)c1[O-]. The zero-order valence-electron chi connectivity index (χ0n) is 20.5. The minimum absolute atomic E-state index is 0.101. The van der Waals surface area contributed by atoms with E-state index in [1.54, 1.807) is 0 Å². The quantitative estimate of drug-likeness (QED) is 0.557. The highest BCUT2D eigenvalue weighted by Gasteiger charge is 2.47. The van der Waals surface area contributed by atoms with Crippen molar-refractivity contribution in [2.75, 3.05) is 6.16 Å². The van der Waals surface area contributed by atoms with Crippen molar-refractivity contribution in [1.82, 2.24) is 0 Å². The molecule has 3 heteroatoms. The Labute approximate surface area is 194 Å². The van der Waals surface area contributed by atoms with E-state index in [-0.39, 0.29) is 16.6 Å². The van der Waals surface area contributed by atoms with Gasteiger partial charge in [0.15, 0.2) is 0 Å². The van der Waals surface area contributed by atoms with Gasteiger partial charge in [-0.3, -0.25) is 0 Å². The summed E-state index contributed by atoms with van der Waals surface area (Å²) in [6.45, 7) is 14.8. The molecule has 170 valence electrons. The second-order valence-electron chi connectivity index (χ2n) is 10.9. The lowest BCUT2D eigenvalue weighted by Crippen LogP contribution is -2.39. The van der Waals surface area contributed by atoms with Crippen LogP contribution >= 0.6 is 7.26 Å². The maximum atomic E-state index is 14.2. The standard InChI is InChI=1S/C29H37O2P/c1-21(30)20-32(23-14-10-8-11-15-23,24-16-12-9-13-17-24)26-19-22(28(2,3)4)18-25(27(26)31)29(5,6)7/h8-19,21,30H,20H2,1-7H3. The Bertz CT molecular complexity index is 1000. The van der Waals surface area contributed by atoms with Gasteiger partial charge in [0.1, 0.15) is 17.9 Å². The summed E-state index contributed by atoms with van der Waals surface area (Å²) in [6, 6.07) is 24.9. The molecule has 1 N–H and O–H groups in total. The first-order valence-electron chi connectivity index (χ1n) is 11.4. The molecule has 0 aliphatic rings. The van der Waals surface area contributed by atoms with Crippen molar-refractivity contribution < 1.29 is 10.2 Å². The van der Waals surface area contributed by atoms with Gasteiger partial charge in [0.25, 0.3) is 0 Å². The van der Waals surface area contributed by atoms with E-state index in [1.807, 2.05) is 43.3 Å². The molecule has 0 aliphatic carbocycles. The number of rotatable bonds is 5. The second kappa shape index (κ2) is 9.00. The number of aliphatic hydroxyl groups excluding tert-OH is 1. The van der Waals surface area contributed by atoms with E-state index in [9.17, 15) is 10.2 Å². The van der Waals surface area contributed by atoms with Crippen LogP contribution in [0.15, 0.2) is 72.8 Å². The summed E-state index contributed by atoms with van der Waals surface area (Å²) >= 11 is 0. The molecule has 0 aromatic heterocycles. The number of benzene rings is 3. The van der Waals surface area contributed by atoms with E-state index in [2.05, 4.69) is 77.9 Å². The van der Waals surface area contributed by atoms with Crippen molar-refractivity contribution in [3.05, 3.63) is 83.9 Å². The zero-order valence-corrected chi connectivity index (χ0v) is 21.4. The fraction of sp³-hybridized carbons (Fsp3) is 0.379. The first-order valence-corrected chi connectivity index (χ1v) is 13.4. The normalized spacial score (nSPS) is 13.8. The topological polar surface area (TPSA) is 43.3 Å². The highest BCUT2D eigenvalue weighted by atomic mass is 31.2. The van der Waals surface area contributed by atoms with Gasteiger partial charge in [0.2, 0.25) is 0 Å². The van der Waals surface area contributed by atoms with Gasteiger partial charge >= 0.3 is 0 Å². The predicted molar refractivity (Wildman–Crippen MR) is 139 cm³/mol. The maximum absolute atomic E-state index is 14.2. The molecule has 0 bridgehead atoms. The lowest BCUT2D eigenvalue weighted by molar-refractivity contribution is -0.268. The van der Waals surface area contributed by atoms with E-state index < -0.39 is 13.4 Å². The predicted octanol–water partition coefficient (Wildman–Crippen LogP) is 5.03. The van der Waals surface area contributed by atoms with E-state index >= 15 is 0 Å². The number of hydrogen-bond donors (Lipinski definition) is 1. The molecule has 1 unspecified atom stereocenters. The van der Waals surface area contributed by atoms with Gasteiger partial charge in [-0.25, -0.2) is 0 Å². The Morgan fingerprint density at radius 1 is 0.781 bits per heavy atom. The summed E-state index contributed by atoms with van der Waals surface area (Å²) in [5.41, 5.74) is 1.64. The first-order chi connectivity index (χ1) is 14.9. The molecule has 0 saturated carbocycles. The second-order valence-corrected chi connectivity index (χ2v) is 14.4. The van der Waals surface area contributed by atoms with Crippen LogP contribution in [0.3, 0.4) is 0 Å².